The Bertz CT molecular complexity index is 443. The van der Waals surface area contributed by atoms with Crippen molar-refractivity contribution in [2.24, 2.45) is 0 Å². The van der Waals surface area contributed by atoms with Crippen LogP contribution in [0.5, 0.6) is 0 Å². The number of benzene rings is 1. The standard InChI is InChI=1S/C11H18N2O2S/c1-3-9(2)13-16(14,15)8-10-5-4-6-11(12)7-10/h4-7,9,13H,3,8,12H2,1-2H3/t9-/m1/s1. The summed E-state index contributed by atoms with van der Waals surface area (Å²) in [7, 11) is -3.27. The highest BCUT2D eigenvalue weighted by Crippen LogP contribution is 2.10. The van der Waals surface area contributed by atoms with Crippen LogP contribution in [0.4, 0.5) is 5.69 Å². The number of hydrogen-bond donors (Lipinski definition) is 2. The molecule has 0 saturated heterocycles. The molecule has 1 aromatic carbocycles. The van der Waals surface area contributed by atoms with Gasteiger partial charge in [0.05, 0.1) is 5.75 Å². The maximum atomic E-state index is 11.7. The third-order valence-electron chi connectivity index (χ3n) is 2.30. The molecular weight excluding hydrogens is 224 g/mol. The second-order valence-corrected chi connectivity index (χ2v) is 5.69. The fourth-order valence-electron chi connectivity index (χ4n) is 1.33. The van der Waals surface area contributed by atoms with Gasteiger partial charge in [-0.3, -0.25) is 0 Å². The summed E-state index contributed by atoms with van der Waals surface area (Å²) in [5.74, 6) is -0.0254. The number of nitrogen functional groups attached to an aromatic ring is 1. The van der Waals surface area contributed by atoms with Crippen LogP contribution in [0, 0.1) is 0 Å². The van der Waals surface area contributed by atoms with Crippen molar-refractivity contribution in [1.82, 2.24) is 4.72 Å². The first-order valence-electron chi connectivity index (χ1n) is 5.27. The van der Waals surface area contributed by atoms with Gasteiger partial charge in [0.2, 0.25) is 10.0 Å². The molecule has 0 amide bonds. The number of nitrogens with two attached hydrogens (primary N) is 1. The maximum Gasteiger partial charge on any atom is 0.216 e. The zero-order chi connectivity index (χ0) is 12.2. The molecule has 0 fully saturated rings. The van der Waals surface area contributed by atoms with Gasteiger partial charge in [0.25, 0.3) is 0 Å². The van der Waals surface area contributed by atoms with E-state index in [-0.39, 0.29) is 11.8 Å². The molecule has 0 spiro atoms. The molecule has 5 heteroatoms. The Hall–Kier alpha value is -1.07. The zero-order valence-corrected chi connectivity index (χ0v) is 10.4. The third kappa shape index (κ3) is 4.20. The van der Waals surface area contributed by atoms with Crippen molar-refractivity contribution in [3.05, 3.63) is 29.8 Å². The van der Waals surface area contributed by atoms with E-state index in [1.807, 2.05) is 13.8 Å². The predicted octanol–water partition coefficient (Wildman–Crippen LogP) is 1.49. The second-order valence-electron chi connectivity index (χ2n) is 3.93. The van der Waals surface area contributed by atoms with Crippen molar-refractivity contribution in [2.45, 2.75) is 32.1 Å². The molecule has 3 N–H and O–H groups in total. The van der Waals surface area contributed by atoms with Crippen LogP contribution in [-0.2, 0) is 15.8 Å². The SMILES string of the molecule is CC[C@@H](C)NS(=O)(=O)Cc1cccc(N)c1. The summed E-state index contributed by atoms with van der Waals surface area (Å²) in [6.07, 6.45) is 0.774. The Labute approximate surface area is 96.9 Å². The predicted molar refractivity (Wildman–Crippen MR) is 66.4 cm³/mol. The largest absolute Gasteiger partial charge is 0.399 e. The monoisotopic (exact) mass is 242 g/mol. The smallest absolute Gasteiger partial charge is 0.216 e. The molecule has 0 aromatic heterocycles. The van der Waals surface area contributed by atoms with E-state index < -0.39 is 10.0 Å². The molecule has 0 bridgehead atoms. The average molecular weight is 242 g/mol. The van der Waals surface area contributed by atoms with E-state index in [4.69, 9.17) is 5.73 Å². The first-order valence-corrected chi connectivity index (χ1v) is 6.92. The minimum Gasteiger partial charge on any atom is -0.399 e. The average Bonchev–Trinajstić information content (AvgIpc) is 2.15. The number of sulfonamides is 1. The highest BCUT2D eigenvalue weighted by Gasteiger charge is 2.14. The Morgan fingerprint density at radius 1 is 1.44 bits per heavy atom. The van der Waals surface area contributed by atoms with Gasteiger partial charge in [-0.25, -0.2) is 13.1 Å². The van der Waals surface area contributed by atoms with Gasteiger partial charge in [0, 0.05) is 11.7 Å². The molecule has 0 radical (unpaired) electrons. The van der Waals surface area contributed by atoms with Crippen molar-refractivity contribution < 1.29 is 8.42 Å². The molecule has 0 saturated carbocycles. The van der Waals surface area contributed by atoms with Crippen molar-refractivity contribution in [3.63, 3.8) is 0 Å². The first-order chi connectivity index (χ1) is 7.43. The molecule has 0 aliphatic carbocycles. The lowest BCUT2D eigenvalue weighted by Gasteiger charge is -2.12. The number of hydrogen-bond acceptors (Lipinski definition) is 3. The highest BCUT2D eigenvalue weighted by atomic mass is 32.2. The van der Waals surface area contributed by atoms with E-state index >= 15 is 0 Å². The number of anilines is 1. The van der Waals surface area contributed by atoms with Crippen LogP contribution in [0.3, 0.4) is 0 Å². The van der Waals surface area contributed by atoms with Gasteiger partial charge in [0.15, 0.2) is 0 Å². The summed E-state index contributed by atoms with van der Waals surface area (Å²) in [6.45, 7) is 3.78. The topological polar surface area (TPSA) is 72.2 Å². The molecule has 0 heterocycles. The molecule has 1 aromatic rings. The summed E-state index contributed by atoms with van der Waals surface area (Å²) in [4.78, 5) is 0. The Kier molecular flexibility index (Phi) is 4.32. The van der Waals surface area contributed by atoms with Crippen LogP contribution < -0.4 is 10.5 Å². The Morgan fingerprint density at radius 2 is 2.12 bits per heavy atom. The van der Waals surface area contributed by atoms with E-state index in [0.717, 1.165) is 6.42 Å². The van der Waals surface area contributed by atoms with Crippen LogP contribution in [0.1, 0.15) is 25.8 Å². The van der Waals surface area contributed by atoms with Gasteiger partial charge >= 0.3 is 0 Å². The molecule has 0 aliphatic heterocycles. The molecule has 1 rings (SSSR count). The minimum absolute atomic E-state index is 0.0254. The Balaban J connectivity index is 2.73. The third-order valence-corrected chi connectivity index (χ3v) is 3.78. The van der Waals surface area contributed by atoms with Crippen LogP contribution in [0.15, 0.2) is 24.3 Å². The quantitative estimate of drug-likeness (QED) is 0.768. The summed E-state index contributed by atoms with van der Waals surface area (Å²) in [5, 5.41) is 0. The van der Waals surface area contributed by atoms with Gasteiger partial charge < -0.3 is 5.73 Å². The van der Waals surface area contributed by atoms with Crippen LogP contribution >= 0.6 is 0 Å². The Morgan fingerprint density at radius 3 is 2.69 bits per heavy atom. The number of nitrogens with one attached hydrogen (secondary N) is 1. The molecule has 90 valence electrons. The normalized spacial score (nSPS) is 13.6. The molecule has 0 aliphatic rings. The lowest BCUT2D eigenvalue weighted by molar-refractivity contribution is 0.555. The van der Waals surface area contributed by atoms with Gasteiger partial charge in [-0.05, 0) is 31.0 Å². The van der Waals surface area contributed by atoms with Gasteiger partial charge in [-0.2, -0.15) is 0 Å². The lowest BCUT2D eigenvalue weighted by Crippen LogP contribution is -2.32. The van der Waals surface area contributed by atoms with E-state index in [0.29, 0.717) is 11.3 Å². The van der Waals surface area contributed by atoms with Crippen LogP contribution in [-0.4, -0.2) is 14.5 Å². The van der Waals surface area contributed by atoms with E-state index in [2.05, 4.69) is 4.72 Å². The number of rotatable bonds is 5. The van der Waals surface area contributed by atoms with Gasteiger partial charge in [0.1, 0.15) is 0 Å². The van der Waals surface area contributed by atoms with E-state index in [1.54, 1.807) is 24.3 Å². The summed E-state index contributed by atoms with van der Waals surface area (Å²) >= 11 is 0. The van der Waals surface area contributed by atoms with Crippen molar-refractivity contribution in [3.8, 4) is 0 Å². The molecule has 0 unspecified atom stereocenters. The van der Waals surface area contributed by atoms with Gasteiger partial charge in [-0.1, -0.05) is 19.1 Å². The fraction of sp³-hybridized carbons (Fsp3) is 0.455. The zero-order valence-electron chi connectivity index (χ0n) is 9.60. The summed E-state index contributed by atoms with van der Waals surface area (Å²) in [6, 6.07) is 6.88. The van der Waals surface area contributed by atoms with Crippen molar-refractivity contribution >= 4 is 15.7 Å². The van der Waals surface area contributed by atoms with Crippen molar-refractivity contribution in [2.75, 3.05) is 5.73 Å². The summed E-state index contributed by atoms with van der Waals surface area (Å²) < 4.78 is 26.1. The van der Waals surface area contributed by atoms with Crippen LogP contribution in [0.25, 0.3) is 0 Å². The highest BCUT2D eigenvalue weighted by molar-refractivity contribution is 7.88. The van der Waals surface area contributed by atoms with Crippen LogP contribution in [0.2, 0.25) is 0 Å². The van der Waals surface area contributed by atoms with E-state index in [1.165, 1.54) is 0 Å². The molecular formula is C11H18N2O2S. The first kappa shape index (κ1) is 13.0. The minimum atomic E-state index is -3.27. The second kappa shape index (κ2) is 5.32. The molecule has 1 atom stereocenters. The van der Waals surface area contributed by atoms with E-state index in [9.17, 15) is 8.42 Å². The maximum absolute atomic E-state index is 11.7. The summed E-state index contributed by atoms with van der Waals surface area (Å²) in [5.41, 5.74) is 6.87. The van der Waals surface area contributed by atoms with Gasteiger partial charge in [-0.15, -0.1) is 0 Å². The molecule has 4 nitrogen and oxygen atoms in total. The van der Waals surface area contributed by atoms with Crippen molar-refractivity contribution in [1.29, 1.82) is 0 Å². The molecule has 16 heavy (non-hydrogen) atoms. The lowest BCUT2D eigenvalue weighted by atomic mass is 10.2. The fourth-order valence-corrected chi connectivity index (χ4v) is 2.82.